The SMILES string of the molecule is COc1cc(Cn2c(=O)ccn(C)c2=O)cc([N+](=O)[O-])c1. The Bertz CT molecular complexity index is 806. The fourth-order valence-corrected chi connectivity index (χ4v) is 1.90. The quantitative estimate of drug-likeness (QED) is 0.604. The topological polar surface area (TPSA) is 96.4 Å². The Hall–Kier alpha value is -2.90. The van der Waals surface area contributed by atoms with Crippen LogP contribution in [0.15, 0.2) is 40.1 Å². The Kier molecular flexibility index (Phi) is 3.88. The maximum absolute atomic E-state index is 11.9. The molecule has 1 aromatic heterocycles. The van der Waals surface area contributed by atoms with E-state index in [-0.39, 0.29) is 12.2 Å². The van der Waals surface area contributed by atoms with E-state index >= 15 is 0 Å². The van der Waals surface area contributed by atoms with E-state index in [9.17, 15) is 19.7 Å². The highest BCUT2D eigenvalue weighted by molar-refractivity contribution is 5.42. The van der Waals surface area contributed by atoms with Gasteiger partial charge in [-0.15, -0.1) is 0 Å². The predicted octanol–water partition coefficient (Wildman–Crippen LogP) is 0.512. The van der Waals surface area contributed by atoms with Gasteiger partial charge < -0.3 is 9.30 Å². The number of ether oxygens (including phenoxy) is 1. The number of nitro groups is 1. The molecular formula is C13H13N3O5. The van der Waals surface area contributed by atoms with E-state index in [1.807, 2.05) is 0 Å². The molecule has 0 fully saturated rings. The Morgan fingerprint density at radius 2 is 2.00 bits per heavy atom. The van der Waals surface area contributed by atoms with Crippen LogP contribution in [0.2, 0.25) is 0 Å². The fraction of sp³-hybridized carbons (Fsp3) is 0.231. The summed E-state index contributed by atoms with van der Waals surface area (Å²) in [6.45, 7) is -0.0651. The zero-order valence-corrected chi connectivity index (χ0v) is 11.5. The molecular weight excluding hydrogens is 278 g/mol. The van der Waals surface area contributed by atoms with Crippen LogP contribution in [0.25, 0.3) is 0 Å². The summed E-state index contributed by atoms with van der Waals surface area (Å²) in [6.07, 6.45) is 1.37. The summed E-state index contributed by atoms with van der Waals surface area (Å²) < 4.78 is 7.25. The van der Waals surface area contributed by atoms with Crippen LogP contribution in [-0.2, 0) is 13.6 Å². The van der Waals surface area contributed by atoms with Gasteiger partial charge in [-0.1, -0.05) is 0 Å². The van der Waals surface area contributed by atoms with Crippen molar-refractivity contribution >= 4 is 5.69 Å². The van der Waals surface area contributed by atoms with Crippen LogP contribution < -0.4 is 16.0 Å². The molecule has 0 aliphatic heterocycles. The van der Waals surface area contributed by atoms with Crippen molar-refractivity contribution in [2.45, 2.75) is 6.54 Å². The molecule has 0 bridgehead atoms. The van der Waals surface area contributed by atoms with E-state index < -0.39 is 16.2 Å². The zero-order valence-electron chi connectivity index (χ0n) is 11.5. The Morgan fingerprint density at radius 1 is 1.29 bits per heavy atom. The van der Waals surface area contributed by atoms with Gasteiger partial charge in [0.25, 0.3) is 11.2 Å². The molecule has 0 N–H and O–H groups in total. The highest BCUT2D eigenvalue weighted by Crippen LogP contribution is 2.22. The number of aromatic nitrogens is 2. The minimum Gasteiger partial charge on any atom is -0.496 e. The lowest BCUT2D eigenvalue weighted by atomic mass is 10.2. The molecule has 0 aliphatic carbocycles. The first kappa shape index (κ1) is 14.5. The van der Waals surface area contributed by atoms with Crippen LogP contribution >= 0.6 is 0 Å². The smallest absolute Gasteiger partial charge is 0.331 e. The molecule has 0 spiro atoms. The normalized spacial score (nSPS) is 10.4. The van der Waals surface area contributed by atoms with Gasteiger partial charge in [0, 0.05) is 25.4 Å². The minimum atomic E-state index is -0.558. The number of hydrogen-bond donors (Lipinski definition) is 0. The van der Waals surface area contributed by atoms with E-state index in [0.29, 0.717) is 11.3 Å². The number of nitro benzene ring substituents is 1. The van der Waals surface area contributed by atoms with Gasteiger partial charge in [-0.05, 0) is 11.6 Å². The van der Waals surface area contributed by atoms with Crippen molar-refractivity contribution in [3.05, 3.63) is 67.0 Å². The summed E-state index contributed by atoms with van der Waals surface area (Å²) in [5, 5.41) is 10.9. The zero-order chi connectivity index (χ0) is 15.6. The summed E-state index contributed by atoms with van der Waals surface area (Å²) in [7, 11) is 2.91. The molecule has 1 heterocycles. The van der Waals surface area contributed by atoms with Gasteiger partial charge in [-0.3, -0.25) is 19.5 Å². The number of benzene rings is 1. The van der Waals surface area contributed by atoms with Gasteiger partial charge >= 0.3 is 5.69 Å². The standard InChI is InChI=1S/C13H13N3O5/c1-14-4-3-12(17)15(13(14)18)8-9-5-10(16(19)20)7-11(6-9)21-2/h3-7H,8H2,1-2H3. The molecule has 0 saturated carbocycles. The Balaban J connectivity index is 2.52. The van der Waals surface area contributed by atoms with Crippen molar-refractivity contribution in [3.63, 3.8) is 0 Å². The second-order valence-electron chi connectivity index (χ2n) is 4.43. The molecule has 2 rings (SSSR count). The van der Waals surface area contributed by atoms with Crippen LogP contribution in [0, 0.1) is 10.1 Å². The average molecular weight is 291 g/mol. The molecule has 8 nitrogen and oxygen atoms in total. The van der Waals surface area contributed by atoms with Crippen LogP contribution in [0.3, 0.4) is 0 Å². The molecule has 2 aromatic rings. The van der Waals surface area contributed by atoms with E-state index in [4.69, 9.17) is 4.74 Å². The second kappa shape index (κ2) is 5.61. The third-order valence-corrected chi connectivity index (χ3v) is 2.98. The number of non-ortho nitro benzene ring substituents is 1. The van der Waals surface area contributed by atoms with Crippen molar-refractivity contribution < 1.29 is 9.66 Å². The summed E-state index contributed by atoms with van der Waals surface area (Å²) in [6, 6.07) is 5.39. The molecule has 0 amide bonds. The Morgan fingerprint density at radius 3 is 2.62 bits per heavy atom. The van der Waals surface area contributed by atoms with Crippen molar-refractivity contribution in [2.24, 2.45) is 7.05 Å². The molecule has 0 aliphatic rings. The molecule has 0 saturated heterocycles. The maximum atomic E-state index is 11.9. The number of rotatable bonds is 4. The molecule has 21 heavy (non-hydrogen) atoms. The minimum absolute atomic E-state index is 0.0651. The van der Waals surface area contributed by atoms with Gasteiger partial charge in [-0.2, -0.15) is 0 Å². The maximum Gasteiger partial charge on any atom is 0.331 e. The van der Waals surface area contributed by atoms with Gasteiger partial charge in [-0.25, -0.2) is 4.79 Å². The first-order chi connectivity index (χ1) is 9.92. The summed E-state index contributed by atoms with van der Waals surface area (Å²) in [5.74, 6) is 0.292. The lowest BCUT2D eigenvalue weighted by molar-refractivity contribution is -0.385. The van der Waals surface area contributed by atoms with Gasteiger partial charge in [0.2, 0.25) is 0 Å². The molecule has 8 heteroatoms. The monoisotopic (exact) mass is 291 g/mol. The summed E-state index contributed by atoms with van der Waals surface area (Å²) in [4.78, 5) is 34.0. The second-order valence-corrected chi connectivity index (χ2v) is 4.43. The lowest BCUT2D eigenvalue weighted by Gasteiger charge is -2.08. The van der Waals surface area contributed by atoms with Crippen molar-refractivity contribution in [3.8, 4) is 5.75 Å². The van der Waals surface area contributed by atoms with E-state index in [1.165, 1.54) is 43.1 Å². The van der Waals surface area contributed by atoms with E-state index in [2.05, 4.69) is 0 Å². The number of aryl methyl sites for hydroxylation is 1. The van der Waals surface area contributed by atoms with Crippen molar-refractivity contribution in [2.75, 3.05) is 7.11 Å². The van der Waals surface area contributed by atoms with Crippen LogP contribution in [-0.4, -0.2) is 21.2 Å². The largest absolute Gasteiger partial charge is 0.496 e. The number of hydrogen-bond acceptors (Lipinski definition) is 5. The molecule has 0 radical (unpaired) electrons. The molecule has 0 unspecified atom stereocenters. The van der Waals surface area contributed by atoms with Crippen LogP contribution in [0.5, 0.6) is 5.75 Å². The fourth-order valence-electron chi connectivity index (χ4n) is 1.90. The third-order valence-electron chi connectivity index (χ3n) is 2.98. The van der Waals surface area contributed by atoms with Gasteiger partial charge in [0.15, 0.2) is 0 Å². The number of methoxy groups -OCH3 is 1. The molecule has 1 aromatic carbocycles. The molecule has 110 valence electrons. The Labute approximate surface area is 119 Å². The number of nitrogens with zero attached hydrogens (tertiary/aromatic N) is 3. The predicted molar refractivity (Wildman–Crippen MR) is 74.7 cm³/mol. The summed E-state index contributed by atoms with van der Waals surface area (Å²) in [5.41, 5.74) is -0.687. The van der Waals surface area contributed by atoms with Gasteiger partial charge in [0.1, 0.15) is 5.75 Å². The van der Waals surface area contributed by atoms with Crippen LogP contribution in [0.4, 0.5) is 5.69 Å². The lowest BCUT2D eigenvalue weighted by Crippen LogP contribution is -2.38. The van der Waals surface area contributed by atoms with Crippen molar-refractivity contribution in [1.82, 2.24) is 9.13 Å². The first-order valence-corrected chi connectivity index (χ1v) is 6.01. The average Bonchev–Trinajstić information content (AvgIpc) is 2.47. The molecule has 0 atom stereocenters. The summed E-state index contributed by atoms with van der Waals surface area (Å²) >= 11 is 0. The highest BCUT2D eigenvalue weighted by Gasteiger charge is 2.12. The van der Waals surface area contributed by atoms with E-state index in [0.717, 1.165) is 4.57 Å². The third kappa shape index (κ3) is 2.99. The van der Waals surface area contributed by atoms with Crippen molar-refractivity contribution in [1.29, 1.82) is 0 Å². The van der Waals surface area contributed by atoms with Crippen LogP contribution in [0.1, 0.15) is 5.56 Å². The van der Waals surface area contributed by atoms with Gasteiger partial charge in [0.05, 0.1) is 24.6 Å². The van der Waals surface area contributed by atoms with E-state index in [1.54, 1.807) is 6.07 Å². The highest BCUT2D eigenvalue weighted by atomic mass is 16.6. The first-order valence-electron chi connectivity index (χ1n) is 6.01.